The second kappa shape index (κ2) is 5.17. The van der Waals surface area contributed by atoms with Crippen LogP contribution >= 0.6 is 11.6 Å². The molecule has 0 saturated heterocycles. The monoisotopic (exact) mass is 341 g/mol. The Balaban J connectivity index is 2.09. The lowest BCUT2D eigenvalue weighted by atomic mass is 10.2. The molecule has 116 valence electrons. The summed E-state index contributed by atoms with van der Waals surface area (Å²) in [6.07, 6.45) is 1.66. The Morgan fingerprint density at radius 1 is 1.32 bits per heavy atom. The fraction of sp³-hybridized carbons (Fsp3) is 0.286. The number of sulfone groups is 1. The zero-order valence-electron chi connectivity index (χ0n) is 12.0. The molecule has 0 unspecified atom stereocenters. The molecule has 0 radical (unpaired) electrons. The van der Waals surface area contributed by atoms with E-state index in [0.717, 1.165) is 17.9 Å². The lowest BCUT2D eigenvalue weighted by molar-refractivity contribution is 0.595. The first-order valence-corrected chi connectivity index (χ1v) is 8.84. The van der Waals surface area contributed by atoms with E-state index in [4.69, 9.17) is 11.6 Å². The lowest BCUT2D eigenvalue weighted by Crippen LogP contribution is -2.16. The third kappa shape index (κ3) is 2.55. The summed E-state index contributed by atoms with van der Waals surface area (Å²) in [6, 6.07) is 3.87. The van der Waals surface area contributed by atoms with Gasteiger partial charge in [-0.15, -0.1) is 0 Å². The minimum absolute atomic E-state index is 0.0509. The van der Waals surface area contributed by atoms with Crippen molar-refractivity contribution in [2.75, 3.05) is 17.7 Å². The average Bonchev–Trinajstić information content (AvgIpc) is 2.81. The first-order valence-electron chi connectivity index (χ1n) is 6.57. The van der Waals surface area contributed by atoms with Gasteiger partial charge in [0, 0.05) is 18.4 Å². The van der Waals surface area contributed by atoms with Crippen molar-refractivity contribution in [2.45, 2.75) is 18.2 Å². The van der Waals surface area contributed by atoms with Crippen molar-refractivity contribution >= 4 is 32.9 Å². The summed E-state index contributed by atoms with van der Waals surface area (Å²) in [6.45, 7) is 2.23. The molecule has 0 atom stereocenters. The van der Waals surface area contributed by atoms with Crippen LogP contribution in [0, 0.1) is 12.7 Å². The van der Waals surface area contributed by atoms with Crippen LogP contribution in [0.25, 0.3) is 0 Å². The van der Waals surface area contributed by atoms with Crippen LogP contribution < -0.4 is 4.90 Å². The molecule has 1 aliphatic heterocycles. The molecule has 0 saturated carbocycles. The summed E-state index contributed by atoms with van der Waals surface area (Å²) in [5.41, 5.74) is 1.05. The third-order valence-corrected chi connectivity index (χ3v) is 4.95. The van der Waals surface area contributed by atoms with E-state index in [1.165, 1.54) is 12.1 Å². The van der Waals surface area contributed by atoms with Gasteiger partial charge in [-0.25, -0.2) is 22.8 Å². The van der Waals surface area contributed by atoms with Crippen LogP contribution in [0.3, 0.4) is 0 Å². The molecule has 1 aromatic heterocycles. The number of aryl methyl sites for hydroxylation is 1. The van der Waals surface area contributed by atoms with Crippen molar-refractivity contribution in [1.29, 1.82) is 0 Å². The second-order valence-electron chi connectivity index (χ2n) is 5.15. The lowest BCUT2D eigenvalue weighted by Gasteiger charge is -2.19. The first kappa shape index (κ1) is 15.2. The van der Waals surface area contributed by atoms with E-state index in [2.05, 4.69) is 9.97 Å². The zero-order chi connectivity index (χ0) is 16.1. The molecule has 8 heteroatoms. The van der Waals surface area contributed by atoms with Crippen LogP contribution in [0.1, 0.15) is 11.4 Å². The molecule has 0 fully saturated rings. The van der Waals surface area contributed by atoms with Crippen LogP contribution in [-0.2, 0) is 16.3 Å². The molecule has 1 aliphatic rings. The van der Waals surface area contributed by atoms with Gasteiger partial charge in [0.2, 0.25) is 0 Å². The molecule has 2 heterocycles. The Labute approximate surface area is 132 Å². The highest BCUT2D eigenvalue weighted by Gasteiger charge is 2.27. The quantitative estimate of drug-likeness (QED) is 0.786. The predicted octanol–water partition coefficient (Wildman–Crippen LogP) is 2.68. The van der Waals surface area contributed by atoms with Gasteiger partial charge in [-0.05, 0) is 31.5 Å². The van der Waals surface area contributed by atoms with Crippen LogP contribution in [0.5, 0.6) is 0 Å². The van der Waals surface area contributed by atoms with Gasteiger partial charge in [-0.2, -0.15) is 0 Å². The van der Waals surface area contributed by atoms with Gasteiger partial charge in [-0.1, -0.05) is 11.6 Å². The van der Waals surface area contributed by atoms with Crippen molar-refractivity contribution in [3.05, 3.63) is 40.6 Å². The van der Waals surface area contributed by atoms with E-state index in [-0.39, 0.29) is 10.6 Å². The van der Waals surface area contributed by atoms with Gasteiger partial charge in [-0.3, -0.25) is 0 Å². The number of nitrogens with zero attached hydrogens (tertiary/aromatic N) is 3. The molecular formula is C14H13ClFN3O2S. The van der Waals surface area contributed by atoms with Crippen LogP contribution in [0.2, 0.25) is 5.15 Å². The Morgan fingerprint density at radius 3 is 2.68 bits per heavy atom. The van der Waals surface area contributed by atoms with Crippen LogP contribution in [-0.4, -0.2) is 31.2 Å². The van der Waals surface area contributed by atoms with Crippen molar-refractivity contribution < 1.29 is 12.8 Å². The summed E-state index contributed by atoms with van der Waals surface area (Å²) < 4.78 is 37.3. The molecule has 1 aromatic carbocycles. The number of fused-ring (bicyclic) bond motifs is 1. The van der Waals surface area contributed by atoms with E-state index >= 15 is 0 Å². The SMILES string of the molecule is Cc1nc(Cl)c2c(n1)N(c1ccc(S(C)(=O)=O)cc1F)CC2. The molecule has 2 aromatic rings. The summed E-state index contributed by atoms with van der Waals surface area (Å²) in [4.78, 5) is 10.1. The number of anilines is 2. The van der Waals surface area contributed by atoms with Gasteiger partial charge < -0.3 is 4.90 Å². The number of rotatable bonds is 2. The van der Waals surface area contributed by atoms with Crippen molar-refractivity contribution in [3.63, 3.8) is 0 Å². The molecule has 0 aliphatic carbocycles. The van der Waals surface area contributed by atoms with E-state index in [1.807, 2.05) is 0 Å². The number of hydrogen-bond acceptors (Lipinski definition) is 5. The minimum Gasteiger partial charge on any atom is -0.323 e. The van der Waals surface area contributed by atoms with Crippen LogP contribution in [0.4, 0.5) is 15.9 Å². The fourth-order valence-electron chi connectivity index (χ4n) is 2.49. The van der Waals surface area contributed by atoms with Gasteiger partial charge in [0.15, 0.2) is 9.84 Å². The number of benzene rings is 1. The average molecular weight is 342 g/mol. The van der Waals surface area contributed by atoms with E-state index in [9.17, 15) is 12.8 Å². The summed E-state index contributed by atoms with van der Waals surface area (Å²) in [5.74, 6) is 0.468. The maximum atomic E-state index is 14.3. The van der Waals surface area contributed by atoms with Crippen molar-refractivity contribution in [3.8, 4) is 0 Å². The summed E-state index contributed by atoms with van der Waals surface area (Å²) in [5, 5.41) is 0.373. The molecule has 0 spiro atoms. The summed E-state index contributed by atoms with van der Waals surface area (Å²) in [7, 11) is -3.44. The normalized spacial score (nSPS) is 14.3. The van der Waals surface area contributed by atoms with Gasteiger partial charge in [0.05, 0.1) is 10.6 Å². The Hall–Kier alpha value is -1.73. The van der Waals surface area contributed by atoms with Gasteiger partial charge in [0.1, 0.15) is 22.6 Å². The second-order valence-corrected chi connectivity index (χ2v) is 7.52. The topological polar surface area (TPSA) is 63.2 Å². The van der Waals surface area contributed by atoms with E-state index in [1.54, 1.807) is 11.8 Å². The Kier molecular flexibility index (Phi) is 3.57. The van der Waals surface area contributed by atoms with E-state index < -0.39 is 15.7 Å². The number of halogens is 2. The van der Waals surface area contributed by atoms with Crippen molar-refractivity contribution in [1.82, 2.24) is 9.97 Å². The first-order chi connectivity index (χ1) is 10.3. The van der Waals surface area contributed by atoms with Crippen molar-refractivity contribution in [2.24, 2.45) is 0 Å². The Bertz CT molecular complexity index is 871. The Morgan fingerprint density at radius 2 is 2.05 bits per heavy atom. The molecule has 3 rings (SSSR count). The molecule has 0 bridgehead atoms. The predicted molar refractivity (Wildman–Crippen MR) is 82.0 cm³/mol. The molecule has 0 N–H and O–H groups in total. The molecule has 5 nitrogen and oxygen atoms in total. The van der Waals surface area contributed by atoms with Gasteiger partial charge >= 0.3 is 0 Å². The number of hydrogen-bond donors (Lipinski definition) is 0. The highest BCUT2D eigenvalue weighted by Crippen LogP contribution is 2.37. The smallest absolute Gasteiger partial charge is 0.175 e. The van der Waals surface area contributed by atoms with Gasteiger partial charge in [0.25, 0.3) is 0 Å². The molecular weight excluding hydrogens is 329 g/mol. The zero-order valence-corrected chi connectivity index (χ0v) is 13.5. The minimum atomic E-state index is -3.44. The highest BCUT2D eigenvalue weighted by molar-refractivity contribution is 7.90. The highest BCUT2D eigenvalue weighted by atomic mass is 35.5. The molecule has 22 heavy (non-hydrogen) atoms. The largest absolute Gasteiger partial charge is 0.323 e. The third-order valence-electron chi connectivity index (χ3n) is 3.53. The fourth-order valence-corrected chi connectivity index (χ4v) is 3.42. The van der Waals surface area contributed by atoms with E-state index in [0.29, 0.717) is 29.8 Å². The number of aromatic nitrogens is 2. The standard InChI is InChI=1S/C14H13ClFN3O2S/c1-8-17-13(15)10-5-6-19(14(10)18-8)12-4-3-9(7-11(12)16)22(2,20)21/h3-4,7H,5-6H2,1-2H3. The maximum Gasteiger partial charge on any atom is 0.175 e. The van der Waals surface area contributed by atoms with Crippen LogP contribution in [0.15, 0.2) is 23.1 Å². The summed E-state index contributed by atoms with van der Waals surface area (Å²) >= 11 is 6.10. The maximum absolute atomic E-state index is 14.3. The molecule has 0 amide bonds.